The van der Waals surface area contributed by atoms with Crippen LogP contribution in [0.4, 0.5) is 19.0 Å². The van der Waals surface area contributed by atoms with Crippen LogP contribution >= 0.6 is 11.3 Å². The van der Waals surface area contributed by atoms with Crippen LogP contribution in [-0.4, -0.2) is 11.5 Å². The number of nitrogens with one attached hydrogen (secondary N) is 1. The van der Waals surface area contributed by atoms with Gasteiger partial charge in [-0.15, -0.1) is 11.3 Å². The minimum atomic E-state index is -4.52. The van der Waals surface area contributed by atoms with Gasteiger partial charge >= 0.3 is 6.18 Å². The predicted octanol–water partition coefficient (Wildman–Crippen LogP) is 3.69. The topological polar surface area (TPSA) is 48.7 Å². The van der Waals surface area contributed by atoms with Gasteiger partial charge in [0.1, 0.15) is 17.6 Å². The molecule has 0 amide bonds. The number of halogens is 3. The third-order valence-corrected chi connectivity index (χ3v) is 3.49. The molecule has 2 aromatic heterocycles. The van der Waals surface area contributed by atoms with Gasteiger partial charge in [-0.3, -0.25) is 0 Å². The second-order valence-electron chi connectivity index (χ2n) is 3.96. The Kier molecular flexibility index (Phi) is 4.25. The maximum Gasteiger partial charge on any atom is 0.433 e. The van der Waals surface area contributed by atoms with Crippen LogP contribution in [0.3, 0.4) is 0 Å². The van der Waals surface area contributed by atoms with Crippen molar-refractivity contribution < 1.29 is 13.2 Å². The zero-order valence-electron chi connectivity index (χ0n) is 10.2. The normalized spacial score (nSPS) is 11.1. The summed E-state index contributed by atoms with van der Waals surface area (Å²) in [4.78, 5) is 4.59. The van der Waals surface area contributed by atoms with Crippen molar-refractivity contribution in [1.29, 1.82) is 5.26 Å². The molecule has 7 heteroatoms. The highest BCUT2D eigenvalue weighted by Gasteiger charge is 2.33. The van der Waals surface area contributed by atoms with Gasteiger partial charge in [-0.2, -0.15) is 18.4 Å². The SMILES string of the molecule is N#Cc1ccc(C(F)(F)F)nc1NCCc1cccs1. The van der Waals surface area contributed by atoms with Gasteiger partial charge in [0.2, 0.25) is 0 Å². The van der Waals surface area contributed by atoms with Gasteiger partial charge < -0.3 is 5.32 Å². The van der Waals surface area contributed by atoms with Crippen molar-refractivity contribution in [2.24, 2.45) is 0 Å². The lowest BCUT2D eigenvalue weighted by atomic mass is 10.2. The lowest BCUT2D eigenvalue weighted by Gasteiger charge is -2.10. The number of anilines is 1. The Labute approximate surface area is 117 Å². The third kappa shape index (κ3) is 3.48. The van der Waals surface area contributed by atoms with Crippen LogP contribution < -0.4 is 5.32 Å². The molecule has 0 radical (unpaired) electrons. The fourth-order valence-corrected chi connectivity index (χ4v) is 2.31. The molecule has 0 spiro atoms. The van der Waals surface area contributed by atoms with E-state index in [1.807, 2.05) is 23.6 Å². The summed E-state index contributed by atoms with van der Waals surface area (Å²) in [5.41, 5.74) is -0.903. The van der Waals surface area contributed by atoms with E-state index in [4.69, 9.17) is 5.26 Å². The van der Waals surface area contributed by atoms with Gasteiger partial charge in [-0.1, -0.05) is 6.07 Å². The largest absolute Gasteiger partial charge is 0.433 e. The summed E-state index contributed by atoms with van der Waals surface area (Å²) < 4.78 is 37.7. The van der Waals surface area contributed by atoms with Gasteiger partial charge in [0.25, 0.3) is 0 Å². The van der Waals surface area contributed by atoms with Crippen LogP contribution in [0, 0.1) is 11.3 Å². The molecular weight excluding hydrogens is 287 g/mol. The number of pyridine rings is 1. The van der Waals surface area contributed by atoms with Crippen molar-refractivity contribution in [2.45, 2.75) is 12.6 Å². The molecule has 0 saturated heterocycles. The van der Waals surface area contributed by atoms with Gasteiger partial charge in [0.15, 0.2) is 0 Å². The Balaban J connectivity index is 2.11. The van der Waals surface area contributed by atoms with Crippen molar-refractivity contribution in [3.63, 3.8) is 0 Å². The zero-order chi connectivity index (χ0) is 14.6. The lowest BCUT2D eigenvalue weighted by Crippen LogP contribution is -2.13. The van der Waals surface area contributed by atoms with E-state index in [9.17, 15) is 13.2 Å². The van der Waals surface area contributed by atoms with E-state index in [-0.39, 0.29) is 11.4 Å². The number of rotatable bonds is 4. The molecular formula is C13H10F3N3S. The van der Waals surface area contributed by atoms with Crippen LogP contribution in [0.25, 0.3) is 0 Å². The van der Waals surface area contributed by atoms with Crippen molar-refractivity contribution in [3.05, 3.63) is 45.8 Å². The summed E-state index contributed by atoms with van der Waals surface area (Å²) in [5, 5.41) is 13.6. The van der Waals surface area contributed by atoms with Crippen LogP contribution in [0.15, 0.2) is 29.6 Å². The Hall–Kier alpha value is -2.07. The second kappa shape index (κ2) is 5.92. The smallest absolute Gasteiger partial charge is 0.369 e. The molecule has 2 aromatic rings. The maximum absolute atomic E-state index is 12.6. The van der Waals surface area contributed by atoms with Crippen molar-refractivity contribution in [2.75, 3.05) is 11.9 Å². The summed E-state index contributed by atoms with van der Waals surface area (Å²) in [6.07, 6.45) is -3.85. The van der Waals surface area contributed by atoms with E-state index in [1.54, 1.807) is 11.3 Å². The second-order valence-corrected chi connectivity index (χ2v) is 4.99. The maximum atomic E-state index is 12.6. The van der Waals surface area contributed by atoms with Crippen molar-refractivity contribution in [3.8, 4) is 6.07 Å². The highest BCUT2D eigenvalue weighted by molar-refractivity contribution is 7.09. The third-order valence-electron chi connectivity index (χ3n) is 2.55. The molecule has 0 saturated carbocycles. The molecule has 0 fully saturated rings. The molecule has 0 aliphatic carbocycles. The standard InChI is InChI=1S/C13H10F3N3S/c14-13(15,16)11-4-3-9(8-17)12(19-11)18-6-5-10-2-1-7-20-10/h1-4,7H,5-6H2,(H,18,19). The first-order chi connectivity index (χ1) is 9.50. The summed E-state index contributed by atoms with van der Waals surface area (Å²) in [6.45, 7) is 0.420. The fraction of sp³-hybridized carbons (Fsp3) is 0.231. The molecule has 2 rings (SSSR count). The Bertz CT molecular complexity index is 615. The van der Waals surface area contributed by atoms with Crippen LogP contribution in [0.5, 0.6) is 0 Å². The highest BCUT2D eigenvalue weighted by Crippen LogP contribution is 2.29. The summed E-state index contributed by atoms with van der Waals surface area (Å²) in [5.74, 6) is -0.0288. The number of thiophene rings is 1. The first-order valence-electron chi connectivity index (χ1n) is 5.75. The highest BCUT2D eigenvalue weighted by atomic mass is 32.1. The number of alkyl halides is 3. The number of hydrogen-bond donors (Lipinski definition) is 1. The summed E-state index contributed by atoms with van der Waals surface area (Å²) in [6, 6.07) is 7.61. The molecule has 0 bridgehead atoms. The molecule has 104 valence electrons. The minimum Gasteiger partial charge on any atom is -0.369 e. The fourth-order valence-electron chi connectivity index (χ4n) is 1.60. The molecule has 3 nitrogen and oxygen atoms in total. The average molecular weight is 297 g/mol. The Morgan fingerprint density at radius 2 is 2.10 bits per heavy atom. The summed E-state index contributed by atoms with van der Waals surface area (Å²) >= 11 is 1.57. The van der Waals surface area contributed by atoms with E-state index in [0.717, 1.165) is 17.0 Å². The van der Waals surface area contributed by atoms with Crippen LogP contribution in [-0.2, 0) is 12.6 Å². The molecule has 2 heterocycles. The molecule has 0 unspecified atom stereocenters. The molecule has 0 atom stereocenters. The monoisotopic (exact) mass is 297 g/mol. The number of nitriles is 1. The lowest BCUT2D eigenvalue weighted by molar-refractivity contribution is -0.141. The van der Waals surface area contributed by atoms with Gasteiger partial charge in [0, 0.05) is 11.4 Å². The number of hydrogen-bond acceptors (Lipinski definition) is 4. The van der Waals surface area contributed by atoms with Crippen molar-refractivity contribution in [1.82, 2.24) is 4.98 Å². The van der Waals surface area contributed by atoms with Gasteiger partial charge in [-0.05, 0) is 30.0 Å². The molecule has 0 aliphatic rings. The van der Waals surface area contributed by atoms with E-state index in [0.29, 0.717) is 13.0 Å². The first kappa shape index (κ1) is 14.3. The van der Waals surface area contributed by atoms with Gasteiger partial charge in [-0.25, -0.2) is 4.98 Å². The van der Waals surface area contributed by atoms with E-state index < -0.39 is 11.9 Å². The molecule has 0 aliphatic heterocycles. The number of nitrogens with zero attached hydrogens (tertiary/aromatic N) is 2. The van der Waals surface area contributed by atoms with E-state index in [1.165, 1.54) is 0 Å². The van der Waals surface area contributed by atoms with Gasteiger partial charge in [0.05, 0.1) is 5.56 Å². The molecule has 20 heavy (non-hydrogen) atoms. The van der Waals surface area contributed by atoms with E-state index >= 15 is 0 Å². The average Bonchev–Trinajstić information content (AvgIpc) is 2.90. The summed E-state index contributed by atoms with van der Waals surface area (Å²) in [7, 11) is 0. The molecule has 1 N–H and O–H groups in total. The zero-order valence-corrected chi connectivity index (χ0v) is 11.1. The van der Waals surface area contributed by atoms with Crippen LogP contribution in [0.1, 0.15) is 16.1 Å². The molecule has 0 aromatic carbocycles. The van der Waals surface area contributed by atoms with E-state index in [2.05, 4.69) is 10.3 Å². The Morgan fingerprint density at radius 1 is 1.30 bits per heavy atom. The predicted molar refractivity (Wildman–Crippen MR) is 70.5 cm³/mol. The first-order valence-corrected chi connectivity index (χ1v) is 6.63. The number of aromatic nitrogens is 1. The quantitative estimate of drug-likeness (QED) is 0.936. The van der Waals surface area contributed by atoms with Crippen LogP contribution in [0.2, 0.25) is 0 Å². The minimum absolute atomic E-state index is 0.0288. The van der Waals surface area contributed by atoms with Crippen molar-refractivity contribution >= 4 is 17.2 Å². The Morgan fingerprint density at radius 3 is 2.70 bits per heavy atom.